The van der Waals surface area contributed by atoms with Crippen LogP contribution in [0, 0.1) is 5.82 Å². The van der Waals surface area contributed by atoms with E-state index < -0.39 is 5.91 Å². The average Bonchev–Trinajstić information content (AvgIpc) is 3.17. The molecule has 0 atom stereocenters. The Morgan fingerprint density at radius 1 is 1.27 bits per heavy atom. The Hall–Kier alpha value is -3.74. The van der Waals surface area contributed by atoms with Gasteiger partial charge in [-0.05, 0) is 42.0 Å². The van der Waals surface area contributed by atoms with Gasteiger partial charge in [0, 0.05) is 6.08 Å². The second kappa shape index (κ2) is 7.43. The van der Waals surface area contributed by atoms with Crippen LogP contribution in [0.2, 0.25) is 0 Å². The minimum atomic E-state index is -0.432. The number of allylic oxidation sites excluding steroid dienone is 1. The third-order valence-corrected chi connectivity index (χ3v) is 3.56. The van der Waals surface area contributed by atoms with Crippen LogP contribution in [0.5, 0.6) is 0 Å². The van der Waals surface area contributed by atoms with Crippen LogP contribution < -0.4 is 16.5 Å². The van der Waals surface area contributed by atoms with E-state index in [-0.39, 0.29) is 17.4 Å². The number of furan rings is 1. The molecule has 0 spiro atoms. The predicted octanol–water partition coefficient (Wildman–Crippen LogP) is 1.91. The van der Waals surface area contributed by atoms with Gasteiger partial charge in [-0.3, -0.25) is 10.2 Å². The number of carbonyl (C=O) groups is 1. The number of amides is 1. The highest BCUT2D eigenvalue weighted by Gasteiger charge is 2.14. The number of anilines is 2. The van der Waals surface area contributed by atoms with Crippen LogP contribution in [-0.2, 0) is 0 Å². The third kappa shape index (κ3) is 4.02. The Bertz CT molecular complexity index is 964. The smallest absolute Gasteiger partial charge is 0.292 e. The van der Waals surface area contributed by atoms with Crippen molar-refractivity contribution in [3.63, 3.8) is 0 Å². The highest BCUT2D eigenvalue weighted by atomic mass is 19.1. The summed E-state index contributed by atoms with van der Waals surface area (Å²) in [6, 6.07) is 10.7. The van der Waals surface area contributed by atoms with Crippen molar-refractivity contribution in [1.29, 1.82) is 0 Å². The van der Waals surface area contributed by atoms with Crippen LogP contribution in [-0.4, -0.2) is 16.6 Å². The molecule has 0 aliphatic carbocycles. The second-order valence-corrected chi connectivity index (χ2v) is 5.43. The molecular weight excluding hydrogens is 335 g/mol. The maximum Gasteiger partial charge on any atom is 0.292 e. The molecule has 0 saturated carbocycles. The van der Waals surface area contributed by atoms with Crippen molar-refractivity contribution < 1.29 is 19.0 Å². The van der Waals surface area contributed by atoms with E-state index in [0.29, 0.717) is 17.0 Å². The molecule has 3 aromatic rings. The molecule has 1 aromatic carbocycles. The number of nitrogens with two attached hydrogens (primary N) is 2. The minimum Gasteiger partial charge on any atom is -0.459 e. The summed E-state index contributed by atoms with van der Waals surface area (Å²) in [6.07, 6.45) is 6.20. The Kier molecular flexibility index (Phi) is 4.89. The summed E-state index contributed by atoms with van der Waals surface area (Å²) in [5.41, 5.74) is 7.97. The number of aromatic nitrogens is 1. The van der Waals surface area contributed by atoms with Gasteiger partial charge in [0.05, 0.1) is 23.7 Å². The van der Waals surface area contributed by atoms with E-state index in [1.807, 2.05) is 0 Å². The van der Waals surface area contributed by atoms with Gasteiger partial charge >= 0.3 is 0 Å². The van der Waals surface area contributed by atoms with Gasteiger partial charge in [-0.2, -0.15) is 0 Å². The summed E-state index contributed by atoms with van der Waals surface area (Å²) in [5, 5.41) is 8.70. The molecule has 0 fully saturated rings. The lowest BCUT2D eigenvalue weighted by molar-refractivity contribution is -0.110. The molecule has 2 aromatic heterocycles. The van der Waals surface area contributed by atoms with Crippen molar-refractivity contribution in [2.24, 2.45) is 0 Å². The van der Waals surface area contributed by atoms with Gasteiger partial charge in [-0.25, -0.2) is 9.37 Å². The molecule has 2 heterocycles. The fourth-order valence-electron chi connectivity index (χ4n) is 2.22. The van der Waals surface area contributed by atoms with Crippen molar-refractivity contribution in [2.45, 2.75) is 0 Å². The molecular formula is C19H16FN4O2+. The number of carbonyl (C=O) groups excluding carboxylic acids is 1. The average molecular weight is 351 g/mol. The quantitative estimate of drug-likeness (QED) is 0.610. The number of nitrogens with zero attached hydrogens (tertiary/aromatic N) is 1. The van der Waals surface area contributed by atoms with E-state index in [4.69, 9.17) is 15.6 Å². The molecule has 5 N–H and O–H groups in total. The highest BCUT2D eigenvalue weighted by Crippen LogP contribution is 2.17. The minimum absolute atomic E-state index is 0.165. The fourth-order valence-corrected chi connectivity index (χ4v) is 2.22. The molecule has 0 aliphatic rings. The van der Waals surface area contributed by atoms with Crippen molar-refractivity contribution in [3.05, 3.63) is 83.7 Å². The first-order valence-electron chi connectivity index (χ1n) is 7.70. The Balaban J connectivity index is 1.77. The summed E-state index contributed by atoms with van der Waals surface area (Å²) in [7, 11) is 0. The lowest BCUT2D eigenvalue weighted by atomic mass is 10.1. The Morgan fingerprint density at radius 3 is 2.73 bits per heavy atom. The molecule has 7 heteroatoms. The summed E-state index contributed by atoms with van der Waals surface area (Å²) in [6.45, 7) is 0. The number of rotatable bonds is 5. The molecule has 0 radical (unpaired) electrons. The fraction of sp³-hybridized carbons (Fsp3) is 0. The summed E-state index contributed by atoms with van der Waals surface area (Å²) in [4.78, 5) is 16.1. The van der Waals surface area contributed by atoms with Crippen LogP contribution in [0.4, 0.5) is 15.9 Å². The zero-order valence-corrected chi connectivity index (χ0v) is 13.6. The van der Waals surface area contributed by atoms with E-state index >= 15 is 0 Å². The normalized spacial score (nSPS) is 10.8. The van der Waals surface area contributed by atoms with Gasteiger partial charge in [0.1, 0.15) is 11.6 Å². The molecule has 6 nitrogen and oxygen atoms in total. The zero-order chi connectivity index (χ0) is 18.5. The monoisotopic (exact) mass is 351 g/mol. The lowest BCUT2D eigenvalue weighted by Gasteiger charge is -2.06. The first kappa shape index (κ1) is 17.1. The molecule has 26 heavy (non-hydrogen) atoms. The topological polar surface area (TPSA) is 107 Å². The first-order valence-corrected chi connectivity index (χ1v) is 7.70. The third-order valence-electron chi connectivity index (χ3n) is 3.56. The van der Waals surface area contributed by atoms with Crippen LogP contribution >= 0.6 is 0 Å². The molecule has 0 unspecified atom stereocenters. The molecule has 1 amide bonds. The van der Waals surface area contributed by atoms with Crippen molar-refractivity contribution in [2.75, 3.05) is 11.1 Å². The maximum absolute atomic E-state index is 12.9. The first-order chi connectivity index (χ1) is 12.5. The Morgan fingerprint density at radius 2 is 2.04 bits per heavy atom. The SMILES string of the molecule is Nc1cnc(NC(=O)c2ccco2)cc1C(=[NH2+])/C=C/c1ccc(F)cc1. The number of hydrogen-bond acceptors (Lipinski definition) is 4. The predicted molar refractivity (Wildman–Crippen MR) is 96.8 cm³/mol. The standard InChI is InChI=1S/C19H15FN4O2/c20-13-6-3-12(4-7-13)5-8-15(21)14-10-18(23-11-16(14)22)24-19(25)17-2-1-9-26-17/h1-11,21H,22H2,(H,23,24,25)/p+1/b8-5+,21-15?. The molecule has 3 rings (SSSR count). The molecule has 0 bridgehead atoms. The van der Waals surface area contributed by atoms with Gasteiger partial charge < -0.3 is 15.5 Å². The molecule has 0 saturated heterocycles. The number of halogens is 1. The summed E-state index contributed by atoms with van der Waals surface area (Å²) >= 11 is 0. The summed E-state index contributed by atoms with van der Waals surface area (Å²) < 4.78 is 18.0. The second-order valence-electron chi connectivity index (χ2n) is 5.43. The van der Waals surface area contributed by atoms with Crippen LogP contribution in [0.3, 0.4) is 0 Å². The maximum atomic E-state index is 12.9. The van der Waals surface area contributed by atoms with Gasteiger partial charge in [0.15, 0.2) is 5.76 Å². The van der Waals surface area contributed by atoms with Crippen molar-refractivity contribution in [1.82, 2.24) is 4.98 Å². The van der Waals surface area contributed by atoms with E-state index in [1.54, 1.807) is 42.5 Å². The van der Waals surface area contributed by atoms with Crippen molar-refractivity contribution >= 4 is 29.2 Å². The van der Waals surface area contributed by atoms with Gasteiger partial charge in [0.2, 0.25) is 5.71 Å². The number of hydrogen-bond donors (Lipinski definition) is 3. The lowest BCUT2D eigenvalue weighted by Crippen LogP contribution is -2.39. The van der Waals surface area contributed by atoms with E-state index in [9.17, 15) is 9.18 Å². The van der Waals surface area contributed by atoms with E-state index in [0.717, 1.165) is 5.56 Å². The number of nitrogen functional groups attached to an aromatic ring is 1. The number of nitrogens with one attached hydrogen (secondary N) is 1. The molecule has 0 aliphatic heterocycles. The van der Waals surface area contributed by atoms with Crippen LogP contribution in [0.1, 0.15) is 21.7 Å². The molecule has 130 valence electrons. The Labute approximate surface area is 148 Å². The van der Waals surface area contributed by atoms with Crippen LogP contribution in [0.25, 0.3) is 6.08 Å². The van der Waals surface area contributed by atoms with Crippen LogP contribution in [0.15, 0.2) is 65.4 Å². The zero-order valence-electron chi connectivity index (χ0n) is 13.6. The van der Waals surface area contributed by atoms with E-state index in [2.05, 4.69) is 10.3 Å². The highest BCUT2D eigenvalue weighted by molar-refractivity contribution is 6.11. The van der Waals surface area contributed by atoms with E-state index in [1.165, 1.54) is 24.6 Å². The van der Waals surface area contributed by atoms with Gasteiger partial charge in [-0.1, -0.05) is 12.1 Å². The number of pyridine rings is 1. The van der Waals surface area contributed by atoms with Gasteiger partial charge in [-0.15, -0.1) is 0 Å². The summed E-state index contributed by atoms with van der Waals surface area (Å²) in [5.74, 6) is -0.292. The largest absolute Gasteiger partial charge is 0.459 e. The van der Waals surface area contributed by atoms with Crippen molar-refractivity contribution in [3.8, 4) is 0 Å². The number of benzene rings is 1. The van der Waals surface area contributed by atoms with Gasteiger partial charge in [0.25, 0.3) is 5.91 Å².